The molecule has 0 aliphatic heterocycles. The first-order valence-corrected chi connectivity index (χ1v) is 9.52. The normalized spacial score (nSPS) is 12.5. The minimum atomic E-state index is -3.70. The number of hydrogen-bond donors (Lipinski definition) is 3. The van der Waals surface area contributed by atoms with Gasteiger partial charge in [-0.15, -0.1) is 0 Å². The SMILES string of the molecule is C[C@@H](NC(=S)Nc1cc(Cl)cc(Cl)c1)c1ccc(S(N)(=O)=O)cc1. The summed E-state index contributed by atoms with van der Waals surface area (Å²) in [6, 6.07) is 11.1. The molecule has 0 amide bonds. The molecule has 0 saturated carbocycles. The van der Waals surface area contributed by atoms with Gasteiger partial charge in [0.1, 0.15) is 0 Å². The van der Waals surface area contributed by atoms with Crippen molar-refractivity contribution in [3.63, 3.8) is 0 Å². The van der Waals surface area contributed by atoms with Gasteiger partial charge in [0, 0.05) is 15.7 Å². The zero-order valence-corrected chi connectivity index (χ0v) is 15.7. The second-order valence-corrected chi connectivity index (χ2v) is 7.93. The monoisotopic (exact) mass is 403 g/mol. The Morgan fingerprint density at radius 1 is 1.12 bits per heavy atom. The Labute approximate surface area is 156 Å². The molecule has 0 aliphatic rings. The van der Waals surface area contributed by atoms with Gasteiger partial charge in [-0.3, -0.25) is 0 Å². The van der Waals surface area contributed by atoms with Gasteiger partial charge in [0.2, 0.25) is 10.0 Å². The van der Waals surface area contributed by atoms with Gasteiger partial charge in [0.15, 0.2) is 5.11 Å². The summed E-state index contributed by atoms with van der Waals surface area (Å²) in [5, 5.41) is 12.6. The number of primary sulfonamides is 1. The summed E-state index contributed by atoms with van der Waals surface area (Å²) in [5.41, 5.74) is 1.53. The number of sulfonamides is 1. The van der Waals surface area contributed by atoms with E-state index in [1.54, 1.807) is 30.3 Å². The molecule has 0 aliphatic carbocycles. The third-order valence-electron chi connectivity index (χ3n) is 3.18. The number of anilines is 1. The predicted octanol–water partition coefficient (Wildman–Crippen LogP) is 3.69. The van der Waals surface area contributed by atoms with Crippen molar-refractivity contribution in [2.75, 3.05) is 5.32 Å². The van der Waals surface area contributed by atoms with E-state index in [9.17, 15) is 8.42 Å². The number of nitrogens with two attached hydrogens (primary N) is 1. The lowest BCUT2D eigenvalue weighted by Crippen LogP contribution is -2.30. The molecule has 0 radical (unpaired) electrons. The maximum Gasteiger partial charge on any atom is 0.238 e. The number of benzene rings is 2. The van der Waals surface area contributed by atoms with Gasteiger partial charge in [0.05, 0.1) is 10.9 Å². The van der Waals surface area contributed by atoms with E-state index in [1.165, 1.54) is 12.1 Å². The Balaban J connectivity index is 2.03. The van der Waals surface area contributed by atoms with Crippen molar-refractivity contribution in [2.45, 2.75) is 17.9 Å². The van der Waals surface area contributed by atoms with Crippen molar-refractivity contribution >= 4 is 56.2 Å². The van der Waals surface area contributed by atoms with Gasteiger partial charge in [-0.25, -0.2) is 13.6 Å². The second kappa shape index (κ2) is 7.67. The molecule has 5 nitrogen and oxygen atoms in total. The predicted molar refractivity (Wildman–Crippen MR) is 102 cm³/mol. The van der Waals surface area contributed by atoms with Gasteiger partial charge >= 0.3 is 0 Å². The van der Waals surface area contributed by atoms with E-state index < -0.39 is 10.0 Å². The Hall–Kier alpha value is -1.38. The first kappa shape index (κ1) is 19.0. The van der Waals surface area contributed by atoms with Crippen LogP contribution in [-0.2, 0) is 10.0 Å². The van der Waals surface area contributed by atoms with Crippen molar-refractivity contribution in [1.82, 2.24) is 5.32 Å². The van der Waals surface area contributed by atoms with Crippen LogP contribution in [0.1, 0.15) is 18.5 Å². The molecule has 2 aromatic carbocycles. The third-order valence-corrected chi connectivity index (χ3v) is 4.76. The fraction of sp³-hybridized carbons (Fsp3) is 0.133. The molecule has 2 rings (SSSR count). The third kappa shape index (κ3) is 5.32. The number of hydrogen-bond acceptors (Lipinski definition) is 3. The van der Waals surface area contributed by atoms with Crippen LogP contribution >= 0.6 is 35.4 Å². The van der Waals surface area contributed by atoms with Crippen LogP contribution in [0, 0.1) is 0 Å². The molecule has 0 fully saturated rings. The molecule has 24 heavy (non-hydrogen) atoms. The molecule has 0 aromatic heterocycles. The van der Waals surface area contributed by atoms with E-state index in [-0.39, 0.29) is 10.9 Å². The molecule has 2 aromatic rings. The standard InChI is InChI=1S/C15H15Cl2N3O2S2/c1-9(10-2-4-14(5-3-10)24(18,21)22)19-15(23)20-13-7-11(16)6-12(17)8-13/h2-9H,1H3,(H2,18,21,22)(H2,19,20,23)/t9-/m1/s1. The van der Waals surface area contributed by atoms with E-state index in [0.717, 1.165) is 5.56 Å². The number of rotatable bonds is 4. The van der Waals surface area contributed by atoms with Gasteiger partial charge in [-0.1, -0.05) is 35.3 Å². The molecule has 9 heteroatoms. The van der Waals surface area contributed by atoms with Crippen molar-refractivity contribution in [1.29, 1.82) is 0 Å². The Morgan fingerprint density at radius 2 is 1.67 bits per heavy atom. The summed E-state index contributed by atoms with van der Waals surface area (Å²) >= 11 is 17.1. The lowest BCUT2D eigenvalue weighted by Gasteiger charge is -2.18. The van der Waals surface area contributed by atoms with Crippen LogP contribution in [0.4, 0.5) is 5.69 Å². The van der Waals surface area contributed by atoms with Crippen LogP contribution < -0.4 is 15.8 Å². The zero-order chi connectivity index (χ0) is 17.9. The minimum absolute atomic E-state index is 0.0627. The molecule has 0 spiro atoms. The molecule has 0 saturated heterocycles. The summed E-state index contributed by atoms with van der Waals surface area (Å²) < 4.78 is 22.5. The van der Waals surface area contributed by atoms with Crippen LogP contribution in [0.25, 0.3) is 0 Å². The zero-order valence-electron chi connectivity index (χ0n) is 12.6. The van der Waals surface area contributed by atoms with Crippen molar-refractivity contribution < 1.29 is 8.42 Å². The number of thiocarbonyl (C=S) groups is 1. The Morgan fingerprint density at radius 3 is 2.17 bits per heavy atom. The highest BCUT2D eigenvalue weighted by atomic mass is 35.5. The minimum Gasteiger partial charge on any atom is -0.356 e. The van der Waals surface area contributed by atoms with E-state index in [1.807, 2.05) is 6.92 Å². The Kier molecular flexibility index (Phi) is 6.06. The number of halogens is 2. The topological polar surface area (TPSA) is 84.2 Å². The van der Waals surface area contributed by atoms with Gasteiger partial charge in [-0.05, 0) is 55.0 Å². The highest BCUT2D eigenvalue weighted by molar-refractivity contribution is 7.89. The van der Waals surface area contributed by atoms with E-state index in [4.69, 9.17) is 40.6 Å². The van der Waals surface area contributed by atoms with Crippen LogP contribution in [0.5, 0.6) is 0 Å². The quantitative estimate of drug-likeness (QED) is 0.677. The smallest absolute Gasteiger partial charge is 0.238 e. The lowest BCUT2D eigenvalue weighted by atomic mass is 10.1. The first-order valence-electron chi connectivity index (χ1n) is 6.81. The molecule has 0 heterocycles. The Bertz CT molecular complexity index is 835. The molecule has 0 unspecified atom stereocenters. The molecule has 4 N–H and O–H groups in total. The summed E-state index contributed by atoms with van der Waals surface area (Å²) in [5.74, 6) is 0. The summed E-state index contributed by atoms with van der Waals surface area (Å²) in [7, 11) is -3.70. The highest BCUT2D eigenvalue weighted by Crippen LogP contribution is 2.22. The highest BCUT2D eigenvalue weighted by Gasteiger charge is 2.11. The van der Waals surface area contributed by atoms with E-state index in [0.29, 0.717) is 20.8 Å². The largest absolute Gasteiger partial charge is 0.356 e. The van der Waals surface area contributed by atoms with Gasteiger partial charge in [0.25, 0.3) is 0 Å². The molecule has 0 bridgehead atoms. The fourth-order valence-electron chi connectivity index (χ4n) is 2.02. The van der Waals surface area contributed by atoms with Crippen LogP contribution in [0.15, 0.2) is 47.4 Å². The first-order chi connectivity index (χ1) is 11.1. The average molecular weight is 404 g/mol. The maximum absolute atomic E-state index is 11.3. The fourth-order valence-corrected chi connectivity index (χ4v) is 3.36. The summed E-state index contributed by atoms with van der Waals surface area (Å²) in [6.07, 6.45) is 0. The van der Waals surface area contributed by atoms with Gasteiger partial charge < -0.3 is 10.6 Å². The summed E-state index contributed by atoms with van der Waals surface area (Å²) in [4.78, 5) is 0.0627. The van der Waals surface area contributed by atoms with Crippen molar-refractivity contribution in [2.24, 2.45) is 5.14 Å². The van der Waals surface area contributed by atoms with E-state index in [2.05, 4.69) is 10.6 Å². The van der Waals surface area contributed by atoms with E-state index >= 15 is 0 Å². The van der Waals surface area contributed by atoms with Crippen LogP contribution in [0.3, 0.4) is 0 Å². The molecule has 1 atom stereocenters. The second-order valence-electron chi connectivity index (χ2n) is 5.09. The van der Waals surface area contributed by atoms with Gasteiger partial charge in [-0.2, -0.15) is 0 Å². The maximum atomic E-state index is 11.3. The molecular formula is C15H15Cl2N3O2S2. The summed E-state index contributed by atoms with van der Waals surface area (Å²) in [6.45, 7) is 1.89. The lowest BCUT2D eigenvalue weighted by molar-refractivity contribution is 0.597. The molecule has 128 valence electrons. The van der Waals surface area contributed by atoms with Crippen LogP contribution in [0.2, 0.25) is 10.0 Å². The number of nitrogens with one attached hydrogen (secondary N) is 2. The van der Waals surface area contributed by atoms with Crippen molar-refractivity contribution in [3.05, 3.63) is 58.1 Å². The van der Waals surface area contributed by atoms with Crippen LogP contribution in [-0.4, -0.2) is 13.5 Å². The average Bonchev–Trinajstić information content (AvgIpc) is 2.45. The molecular weight excluding hydrogens is 389 g/mol. The van der Waals surface area contributed by atoms with Crippen molar-refractivity contribution in [3.8, 4) is 0 Å².